The fourth-order valence-corrected chi connectivity index (χ4v) is 1.70. The van der Waals surface area contributed by atoms with Gasteiger partial charge in [0.2, 0.25) is 0 Å². The highest BCUT2D eigenvalue weighted by atomic mass is 15.5. The van der Waals surface area contributed by atoms with E-state index in [1.165, 1.54) is 5.56 Å². The van der Waals surface area contributed by atoms with Crippen molar-refractivity contribution in [3.8, 4) is 5.69 Å². The van der Waals surface area contributed by atoms with Gasteiger partial charge in [-0.2, -0.15) is 15.0 Å². The molecule has 1 aromatic heterocycles. The Morgan fingerprint density at radius 1 is 1.19 bits per heavy atom. The van der Waals surface area contributed by atoms with Crippen LogP contribution in [0, 0.1) is 12.8 Å². The Balaban J connectivity index is 2.19. The van der Waals surface area contributed by atoms with Crippen LogP contribution in [-0.2, 0) is 6.42 Å². The van der Waals surface area contributed by atoms with Crippen molar-refractivity contribution in [3.05, 3.63) is 41.7 Å². The highest BCUT2D eigenvalue weighted by Crippen LogP contribution is 2.11. The van der Waals surface area contributed by atoms with Gasteiger partial charge in [0, 0.05) is 0 Å². The summed E-state index contributed by atoms with van der Waals surface area (Å²) < 4.78 is 0. The number of hydrogen-bond donors (Lipinski definition) is 0. The Labute approximate surface area is 96.1 Å². The van der Waals surface area contributed by atoms with Crippen LogP contribution in [0.15, 0.2) is 30.5 Å². The summed E-state index contributed by atoms with van der Waals surface area (Å²) in [6, 6.07) is 8.43. The predicted molar refractivity (Wildman–Crippen MR) is 64.6 cm³/mol. The molecule has 16 heavy (non-hydrogen) atoms. The first kappa shape index (κ1) is 10.9. The van der Waals surface area contributed by atoms with Gasteiger partial charge in [-0.05, 0) is 37.0 Å². The smallest absolute Gasteiger partial charge is 0.0856 e. The quantitative estimate of drug-likeness (QED) is 0.788. The van der Waals surface area contributed by atoms with Crippen LogP contribution >= 0.6 is 0 Å². The van der Waals surface area contributed by atoms with Gasteiger partial charge in [0.1, 0.15) is 0 Å². The molecule has 0 saturated carbocycles. The Morgan fingerprint density at radius 3 is 2.38 bits per heavy atom. The Bertz CT molecular complexity index is 454. The average molecular weight is 215 g/mol. The van der Waals surface area contributed by atoms with Crippen molar-refractivity contribution in [2.24, 2.45) is 5.92 Å². The molecule has 0 atom stereocenters. The van der Waals surface area contributed by atoms with Crippen molar-refractivity contribution in [2.75, 3.05) is 0 Å². The Hall–Kier alpha value is -1.64. The lowest BCUT2D eigenvalue weighted by Gasteiger charge is -2.05. The fourth-order valence-electron chi connectivity index (χ4n) is 1.70. The lowest BCUT2D eigenvalue weighted by molar-refractivity contribution is 0.646. The van der Waals surface area contributed by atoms with Gasteiger partial charge >= 0.3 is 0 Å². The molecule has 3 heteroatoms. The van der Waals surface area contributed by atoms with Crippen LogP contribution in [-0.4, -0.2) is 15.0 Å². The molecule has 0 saturated heterocycles. The van der Waals surface area contributed by atoms with Crippen LogP contribution in [0.3, 0.4) is 0 Å². The van der Waals surface area contributed by atoms with Crippen molar-refractivity contribution < 1.29 is 0 Å². The molecule has 84 valence electrons. The minimum Gasteiger partial charge on any atom is -0.157 e. The van der Waals surface area contributed by atoms with Gasteiger partial charge in [0.15, 0.2) is 0 Å². The number of aryl methyl sites for hydroxylation is 1. The molecule has 0 amide bonds. The number of aromatic nitrogens is 3. The van der Waals surface area contributed by atoms with Gasteiger partial charge in [0.25, 0.3) is 0 Å². The maximum atomic E-state index is 4.28. The molecule has 3 nitrogen and oxygen atoms in total. The molecule has 0 bridgehead atoms. The molecule has 1 aromatic carbocycles. The molecule has 0 N–H and O–H groups in total. The van der Waals surface area contributed by atoms with E-state index < -0.39 is 0 Å². The highest BCUT2D eigenvalue weighted by molar-refractivity contribution is 5.32. The summed E-state index contributed by atoms with van der Waals surface area (Å²) in [5.41, 5.74) is 3.31. The molecule has 0 aliphatic heterocycles. The average Bonchev–Trinajstić information content (AvgIpc) is 2.65. The summed E-state index contributed by atoms with van der Waals surface area (Å²) in [7, 11) is 0. The molecular formula is C13H17N3. The molecule has 2 rings (SSSR count). The lowest BCUT2D eigenvalue weighted by Crippen LogP contribution is -2.00. The molecule has 0 aliphatic carbocycles. The zero-order valence-corrected chi connectivity index (χ0v) is 10.0. The van der Waals surface area contributed by atoms with Crippen molar-refractivity contribution in [1.82, 2.24) is 15.0 Å². The van der Waals surface area contributed by atoms with Gasteiger partial charge in [-0.25, -0.2) is 0 Å². The van der Waals surface area contributed by atoms with Crippen molar-refractivity contribution >= 4 is 0 Å². The fraction of sp³-hybridized carbons (Fsp3) is 0.385. The number of nitrogens with zero attached hydrogens (tertiary/aromatic N) is 3. The minimum absolute atomic E-state index is 0.691. The topological polar surface area (TPSA) is 30.7 Å². The summed E-state index contributed by atoms with van der Waals surface area (Å²) in [6.45, 7) is 6.40. The highest BCUT2D eigenvalue weighted by Gasteiger charge is 2.01. The maximum absolute atomic E-state index is 4.28. The second-order valence-corrected chi connectivity index (χ2v) is 4.54. The molecule has 0 radical (unpaired) electrons. The first-order valence-corrected chi connectivity index (χ1v) is 5.63. The number of hydrogen-bond acceptors (Lipinski definition) is 2. The van der Waals surface area contributed by atoms with E-state index in [4.69, 9.17) is 0 Å². The first-order valence-electron chi connectivity index (χ1n) is 5.63. The molecule has 1 heterocycles. The van der Waals surface area contributed by atoms with Crippen LogP contribution in [0.2, 0.25) is 0 Å². The van der Waals surface area contributed by atoms with Gasteiger partial charge in [-0.3, -0.25) is 0 Å². The maximum Gasteiger partial charge on any atom is 0.0856 e. The Kier molecular flexibility index (Phi) is 3.04. The third-order valence-corrected chi connectivity index (χ3v) is 2.42. The van der Waals surface area contributed by atoms with E-state index in [1.807, 2.05) is 6.92 Å². The van der Waals surface area contributed by atoms with Crippen LogP contribution in [0.5, 0.6) is 0 Å². The van der Waals surface area contributed by atoms with Crippen LogP contribution < -0.4 is 0 Å². The van der Waals surface area contributed by atoms with E-state index in [1.54, 1.807) is 11.0 Å². The molecule has 0 aliphatic rings. The zero-order chi connectivity index (χ0) is 11.5. The van der Waals surface area contributed by atoms with Gasteiger partial charge < -0.3 is 0 Å². The summed E-state index contributed by atoms with van der Waals surface area (Å²) in [5, 5.41) is 8.46. The van der Waals surface area contributed by atoms with Crippen molar-refractivity contribution in [3.63, 3.8) is 0 Å². The normalized spacial score (nSPS) is 11.0. The molecule has 0 spiro atoms. The predicted octanol–water partition coefficient (Wildman–Crippen LogP) is 2.77. The first-order chi connectivity index (χ1) is 7.65. The third kappa shape index (κ3) is 2.48. The summed E-state index contributed by atoms with van der Waals surface area (Å²) in [4.78, 5) is 1.66. The van der Waals surface area contributed by atoms with Gasteiger partial charge in [0.05, 0.1) is 17.6 Å². The van der Waals surface area contributed by atoms with Crippen molar-refractivity contribution in [1.29, 1.82) is 0 Å². The largest absolute Gasteiger partial charge is 0.157 e. The number of rotatable bonds is 3. The summed E-state index contributed by atoms with van der Waals surface area (Å²) in [6.07, 6.45) is 2.88. The Morgan fingerprint density at radius 2 is 1.88 bits per heavy atom. The second-order valence-electron chi connectivity index (χ2n) is 4.54. The van der Waals surface area contributed by atoms with Crippen LogP contribution in [0.1, 0.15) is 25.1 Å². The standard InChI is InChI=1S/C13H17N3/c1-10(2)8-12-4-6-13(7-5-12)16-14-9-11(3)15-16/h4-7,9-10H,8H2,1-3H3. The van der Waals surface area contributed by atoms with Crippen LogP contribution in [0.25, 0.3) is 5.69 Å². The van der Waals surface area contributed by atoms with E-state index in [0.717, 1.165) is 17.8 Å². The summed E-state index contributed by atoms with van der Waals surface area (Å²) >= 11 is 0. The van der Waals surface area contributed by atoms with E-state index >= 15 is 0 Å². The lowest BCUT2D eigenvalue weighted by atomic mass is 10.0. The van der Waals surface area contributed by atoms with Gasteiger partial charge in [-0.1, -0.05) is 26.0 Å². The SMILES string of the molecule is Cc1cnn(-c2ccc(CC(C)C)cc2)n1. The van der Waals surface area contributed by atoms with Crippen LogP contribution in [0.4, 0.5) is 0 Å². The zero-order valence-electron chi connectivity index (χ0n) is 10.0. The minimum atomic E-state index is 0.691. The van der Waals surface area contributed by atoms with E-state index in [0.29, 0.717) is 5.92 Å². The van der Waals surface area contributed by atoms with E-state index in [9.17, 15) is 0 Å². The molecule has 0 unspecified atom stereocenters. The van der Waals surface area contributed by atoms with Crippen molar-refractivity contribution in [2.45, 2.75) is 27.2 Å². The van der Waals surface area contributed by atoms with Gasteiger partial charge in [-0.15, -0.1) is 0 Å². The second kappa shape index (κ2) is 4.47. The van der Waals surface area contributed by atoms with E-state index in [2.05, 4.69) is 48.3 Å². The summed E-state index contributed by atoms with van der Waals surface area (Å²) in [5.74, 6) is 0.691. The number of benzene rings is 1. The molecular weight excluding hydrogens is 198 g/mol. The molecule has 0 fully saturated rings. The third-order valence-electron chi connectivity index (χ3n) is 2.42. The molecule has 2 aromatic rings. The monoisotopic (exact) mass is 215 g/mol. The van der Waals surface area contributed by atoms with E-state index in [-0.39, 0.29) is 0 Å².